The molecule has 0 amide bonds. The molecule has 1 saturated heterocycles. The highest BCUT2D eigenvalue weighted by Crippen LogP contribution is 2.41. The van der Waals surface area contributed by atoms with Crippen molar-refractivity contribution < 1.29 is 33.9 Å². The molecule has 324 valence electrons. The van der Waals surface area contributed by atoms with Gasteiger partial charge in [0.05, 0.1) is 0 Å². The lowest BCUT2D eigenvalue weighted by atomic mass is 10.1. The van der Waals surface area contributed by atoms with Crippen molar-refractivity contribution in [2.45, 2.75) is 231 Å². The Labute approximate surface area is 344 Å². The van der Waals surface area contributed by atoms with E-state index in [2.05, 4.69) is 73.1 Å². The Hall–Kier alpha value is 1.20. The van der Waals surface area contributed by atoms with Gasteiger partial charge in [0.15, 0.2) is 16.6 Å². The third-order valence-electron chi connectivity index (χ3n) is 11.4. The van der Waals surface area contributed by atoms with Crippen molar-refractivity contribution in [2.24, 2.45) is 0 Å². The van der Waals surface area contributed by atoms with Gasteiger partial charge >= 0.3 is 43.0 Å². The second-order valence-corrected chi connectivity index (χ2v) is 44.7. The van der Waals surface area contributed by atoms with Gasteiger partial charge in [-0.1, -0.05) is 136 Å². The first-order valence-electron chi connectivity index (χ1n) is 22.5. The van der Waals surface area contributed by atoms with Crippen molar-refractivity contribution >= 4 is 59.7 Å². The lowest BCUT2D eigenvalue weighted by Gasteiger charge is -2.51. The molecule has 54 heavy (non-hydrogen) atoms. The van der Waals surface area contributed by atoms with Crippen molar-refractivity contribution in [3.63, 3.8) is 0 Å². The fourth-order valence-corrected chi connectivity index (χ4v) is 46.9. The first-order valence-corrected chi connectivity index (χ1v) is 40.7. The van der Waals surface area contributed by atoms with Gasteiger partial charge in [-0.25, -0.2) is 0 Å². The molecule has 0 aromatic rings. The van der Waals surface area contributed by atoms with Crippen molar-refractivity contribution in [1.82, 2.24) is 0 Å². The van der Waals surface area contributed by atoms with Crippen LogP contribution in [0, 0.1) is 0 Å². The van der Waals surface area contributed by atoms with Crippen molar-refractivity contribution in [1.29, 1.82) is 0 Å². The average Bonchev–Trinajstić information content (AvgIpc) is 3.08. The third-order valence-corrected chi connectivity index (χ3v) is 41.2. The van der Waals surface area contributed by atoms with Crippen LogP contribution in [0.4, 0.5) is 0 Å². The van der Waals surface area contributed by atoms with Crippen molar-refractivity contribution in [3.05, 3.63) is 0 Å². The number of rotatable bonds is 32. The minimum atomic E-state index is -2.71. The van der Waals surface area contributed by atoms with E-state index in [-0.39, 0.29) is 0 Å². The van der Waals surface area contributed by atoms with E-state index in [1.807, 2.05) is 0 Å². The van der Waals surface area contributed by atoms with Crippen LogP contribution in [0.15, 0.2) is 0 Å². The summed E-state index contributed by atoms with van der Waals surface area (Å²) < 4.78 is 54.8. The van der Waals surface area contributed by atoms with Crippen LogP contribution in [0.3, 0.4) is 0 Å². The molecule has 0 spiro atoms. The molecule has 0 N–H and O–H groups in total. The van der Waals surface area contributed by atoms with E-state index in [0.717, 1.165) is 42.3 Å². The van der Waals surface area contributed by atoms with Gasteiger partial charge in [0.25, 0.3) is 0 Å². The van der Waals surface area contributed by atoms with Gasteiger partial charge in [0.1, 0.15) is 0 Å². The van der Waals surface area contributed by atoms with E-state index in [4.69, 9.17) is 33.9 Å². The topological polar surface area (TPSA) is 73.8 Å². The summed E-state index contributed by atoms with van der Waals surface area (Å²) in [5, 5.41) is 0. The van der Waals surface area contributed by atoms with Crippen LogP contribution in [0.5, 0.6) is 0 Å². The average molecular weight is 886 g/mol. The highest BCUT2D eigenvalue weighted by Gasteiger charge is 2.56. The Morgan fingerprint density at radius 2 is 0.648 bits per heavy atom. The Kier molecular flexibility index (Phi) is 26.0. The second-order valence-electron chi connectivity index (χ2n) is 18.4. The Morgan fingerprint density at radius 1 is 0.370 bits per heavy atom. The van der Waals surface area contributed by atoms with E-state index in [1.54, 1.807) is 21.3 Å². The smallest absolute Gasteiger partial charge is 0.456 e. The Balaban J connectivity index is 3.35. The maximum atomic E-state index is 7.62. The zero-order valence-corrected chi connectivity index (χ0v) is 45.4. The maximum absolute atomic E-state index is 7.62. The fourth-order valence-electron chi connectivity index (χ4n) is 8.39. The molecule has 2 atom stereocenters. The first kappa shape index (κ1) is 53.2. The number of unbranched alkanes of at least 4 members (excludes halogenated alkanes) is 15. The monoisotopic (exact) mass is 885 g/mol. The Bertz CT molecular complexity index is 935. The van der Waals surface area contributed by atoms with Gasteiger partial charge in [0.2, 0.25) is 0 Å². The highest BCUT2D eigenvalue weighted by atomic mass is 28.5. The van der Waals surface area contributed by atoms with Crippen LogP contribution in [-0.4, -0.2) is 81.0 Å². The summed E-state index contributed by atoms with van der Waals surface area (Å²) in [4.78, 5) is 0. The predicted molar refractivity (Wildman–Crippen MR) is 247 cm³/mol. The molecule has 1 fully saturated rings. The molecular formula is C39H92O8Si7. The second kappa shape index (κ2) is 26.4. The SMILES string of the molecule is CCCCCCCC[Si]1(C)O[Si](C)(CCCCCCCC)O[Si](C)(CC[Si](C)(C)O[Si](C)(C)CC[Si](OC)(OC)OC)O[Si](C)(CCCCCCCC)O1. The van der Waals surface area contributed by atoms with Crippen LogP contribution < -0.4 is 0 Å². The molecule has 8 nitrogen and oxygen atoms in total. The molecule has 0 aliphatic carbocycles. The summed E-state index contributed by atoms with van der Waals surface area (Å²) in [6.07, 6.45) is 23.0. The molecule has 2 unspecified atom stereocenters. The minimum absolute atomic E-state index is 0.778. The van der Waals surface area contributed by atoms with Gasteiger partial charge in [-0.2, -0.15) is 0 Å². The van der Waals surface area contributed by atoms with Crippen LogP contribution in [-0.2, 0) is 33.9 Å². The molecule has 1 aliphatic rings. The molecule has 1 aliphatic heterocycles. The molecule has 0 saturated carbocycles. The summed E-state index contributed by atoms with van der Waals surface area (Å²) >= 11 is 0. The van der Waals surface area contributed by atoms with Crippen molar-refractivity contribution in [2.75, 3.05) is 21.3 Å². The zero-order valence-electron chi connectivity index (χ0n) is 38.4. The lowest BCUT2D eigenvalue weighted by molar-refractivity contribution is 0.125. The van der Waals surface area contributed by atoms with E-state index < -0.39 is 59.7 Å². The largest absolute Gasteiger partial charge is 0.499 e. The van der Waals surface area contributed by atoms with Crippen LogP contribution >= 0.6 is 0 Å². The summed E-state index contributed by atoms with van der Waals surface area (Å²) in [6, 6.07) is 6.79. The molecular weight excluding hydrogens is 793 g/mol. The molecule has 1 rings (SSSR count). The molecule has 1 heterocycles. The number of hydrogen-bond acceptors (Lipinski definition) is 8. The van der Waals surface area contributed by atoms with E-state index in [0.29, 0.717) is 0 Å². The van der Waals surface area contributed by atoms with E-state index >= 15 is 0 Å². The highest BCUT2D eigenvalue weighted by molar-refractivity contribution is 6.94. The first-order chi connectivity index (χ1) is 25.3. The summed E-state index contributed by atoms with van der Waals surface area (Å²) in [6.45, 7) is 25.8. The fraction of sp³-hybridized carbons (Fsp3) is 1.00. The van der Waals surface area contributed by atoms with E-state index in [9.17, 15) is 0 Å². The summed E-state index contributed by atoms with van der Waals surface area (Å²) in [5.41, 5.74) is 0. The van der Waals surface area contributed by atoms with Gasteiger partial charge in [-0.05, 0) is 88.6 Å². The van der Waals surface area contributed by atoms with Gasteiger partial charge < -0.3 is 33.9 Å². The van der Waals surface area contributed by atoms with Gasteiger partial charge in [-0.3, -0.25) is 0 Å². The quantitative estimate of drug-likeness (QED) is 0.0489. The Morgan fingerprint density at radius 3 is 0.963 bits per heavy atom. The van der Waals surface area contributed by atoms with Crippen LogP contribution in [0.25, 0.3) is 0 Å². The van der Waals surface area contributed by atoms with Crippen LogP contribution in [0.1, 0.15) is 136 Å². The molecule has 0 bridgehead atoms. The number of hydrogen-bond donors (Lipinski definition) is 0. The molecule has 0 aromatic carbocycles. The molecule has 15 heteroatoms. The third kappa shape index (κ3) is 22.0. The summed E-state index contributed by atoms with van der Waals surface area (Å²) in [5.74, 6) is 0. The van der Waals surface area contributed by atoms with Gasteiger partial charge in [-0.15, -0.1) is 0 Å². The predicted octanol–water partition coefficient (Wildman–Crippen LogP) is 13.7. The standard InChI is InChI=1S/C39H92O8Si7/c1-15-18-21-24-27-30-33-50(11)44-51(12,34-31-28-25-22-19-16-2)46-53(14,47-52(13,45-50)35-32-29-26-23-20-17-3)38-36-48(7,8)43-49(9,10)37-39-54(40-4,41-5)42-6/h15-39H2,1-14H3. The van der Waals surface area contributed by atoms with Crippen molar-refractivity contribution in [3.8, 4) is 0 Å². The minimum Gasteiger partial charge on any atom is -0.456 e. The lowest BCUT2D eigenvalue weighted by Crippen LogP contribution is -2.67. The normalized spacial score (nSPS) is 25.9. The summed E-state index contributed by atoms with van der Waals surface area (Å²) in [7, 11) is -12.1. The van der Waals surface area contributed by atoms with E-state index in [1.165, 1.54) is 116 Å². The van der Waals surface area contributed by atoms with Gasteiger partial charge in [0, 0.05) is 27.4 Å². The molecule has 0 radical (unpaired) electrons. The maximum Gasteiger partial charge on any atom is 0.499 e. The zero-order chi connectivity index (χ0) is 40.8. The van der Waals surface area contributed by atoms with Crippen LogP contribution in [0.2, 0.25) is 94.7 Å². The molecule has 0 aromatic heterocycles.